The second-order valence-electron chi connectivity index (χ2n) is 10.4. The molecule has 0 radical (unpaired) electrons. The first kappa shape index (κ1) is 26.6. The number of benzene rings is 1. The van der Waals surface area contributed by atoms with Crippen molar-refractivity contribution in [3.8, 4) is 0 Å². The molecule has 0 spiro atoms. The normalized spacial score (nSPS) is 20.6. The van der Waals surface area contributed by atoms with Crippen molar-refractivity contribution in [1.82, 2.24) is 4.90 Å². The number of carbonyl (C=O) groups excluding carboxylic acids is 1. The second kappa shape index (κ2) is 14.5. The highest BCUT2D eigenvalue weighted by Crippen LogP contribution is 2.34. The van der Waals surface area contributed by atoms with Gasteiger partial charge in [0.05, 0.1) is 6.04 Å². The second-order valence-corrected chi connectivity index (χ2v) is 10.4. The highest BCUT2D eigenvalue weighted by atomic mass is 16.6. The third-order valence-corrected chi connectivity index (χ3v) is 6.14. The van der Waals surface area contributed by atoms with Crippen LogP contribution in [0.4, 0.5) is 0 Å². The highest BCUT2D eigenvalue weighted by molar-refractivity contribution is 5.81. The summed E-state index contributed by atoms with van der Waals surface area (Å²) in [5.74, 6) is -0.0993. The summed E-state index contributed by atoms with van der Waals surface area (Å²) in [6, 6.07) is 10.4. The van der Waals surface area contributed by atoms with Crippen LogP contribution in [-0.4, -0.2) is 28.6 Å². The lowest BCUT2D eigenvalue weighted by Gasteiger charge is -2.19. The van der Waals surface area contributed by atoms with Gasteiger partial charge in [-0.05, 0) is 39.2 Å². The molecule has 3 heteroatoms. The first-order valence-corrected chi connectivity index (χ1v) is 13.1. The van der Waals surface area contributed by atoms with Gasteiger partial charge in [0, 0.05) is 6.54 Å². The Hall–Kier alpha value is -1.61. The maximum Gasteiger partial charge on any atom is 0.325 e. The molecule has 0 aromatic heterocycles. The molecule has 0 saturated carbocycles. The average molecular weight is 442 g/mol. The molecule has 1 aliphatic rings. The van der Waals surface area contributed by atoms with Crippen molar-refractivity contribution in [2.75, 3.05) is 0 Å². The third-order valence-electron chi connectivity index (χ3n) is 6.14. The van der Waals surface area contributed by atoms with Crippen LogP contribution < -0.4 is 0 Å². The molecule has 1 aromatic rings. The summed E-state index contributed by atoms with van der Waals surface area (Å²) in [6.45, 7) is 8.88. The third kappa shape index (κ3) is 10.8. The maximum absolute atomic E-state index is 12.7. The van der Waals surface area contributed by atoms with Crippen LogP contribution in [0.1, 0.15) is 110 Å². The molecule has 1 saturated heterocycles. The fraction of sp³-hybridized carbons (Fsp3) is 0.690. The van der Waals surface area contributed by atoms with Gasteiger partial charge in [-0.25, -0.2) is 0 Å². The van der Waals surface area contributed by atoms with E-state index < -0.39 is 5.60 Å². The summed E-state index contributed by atoms with van der Waals surface area (Å²) in [5, 5.41) is 0. The van der Waals surface area contributed by atoms with E-state index in [9.17, 15) is 4.79 Å². The Morgan fingerprint density at radius 1 is 0.906 bits per heavy atom. The maximum atomic E-state index is 12.7. The first-order chi connectivity index (χ1) is 15.4. The van der Waals surface area contributed by atoms with E-state index in [0.29, 0.717) is 0 Å². The fourth-order valence-corrected chi connectivity index (χ4v) is 4.31. The number of unbranched alkanes of at least 4 members (excludes halogenated alkanes) is 11. The van der Waals surface area contributed by atoms with Gasteiger partial charge in [-0.2, -0.15) is 0 Å². The molecular weight excluding hydrogens is 394 g/mol. The Labute approximate surface area is 197 Å². The van der Waals surface area contributed by atoms with Crippen molar-refractivity contribution in [3.05, 3.63) is 48.0 Å². The number of rotatable bonds is 16. The molecule has 0 aliphatic carbocycles. The highest BCUT2D eigenvalue weighted by Gasteiger charge is 2.52. The van der Waals surface area contributed by atoms with Gasteiger partial charge in [-0.15, -0.1) is 0 Å². The summed E-state index contributed by atoms with van der Waals surface area (Å²) >= 11 is 0. The van der Waals surface area contributed by atoms with E-state index in [1.54, 1.807) is 0 Å². The zero-order valence-corrected chi connectivity index (χ0v) is 21.2. The van der Waals surface area contributed by atoms with Gasteiger partial charge in [-0.1, -0.05) is 114 Å². The smallest absolute Gasteiger partial charge is 0.325 e. The lowest BCUT2D eigenvalue weighted by molar-refractivity contribution is -0.155. The lowest BCUT2D eigenvalue weighted by atomic mass is 10.1. The summed E-state index contributed by atoms with van der Waals surface area (Å²) < 4.78 is 5.66. The van der Waals surface area contributed by atoms with Crippen LogP contribution in [0.3, 0.4) is 0 Å². The zero-order valence-electron chi connectivity index (χ0n) is 21.2. The van der Waals surface area contributed by atoms with E-state index in [1.807, 2.05) is 26.8 Å². The van der Waals surface area contributed by atoms with Crippen molar-refractivity contribution in [1.29, 1.82) is 0 Å². The van der Waals surface area contributed by atoms with E-state index >= 15 is 0 Å². The van der Waals surface area contributed by atoms with Crippen LogP contribution in [0.15, 0.2) is 42.5 Å². The molecule has 1 aliphatic heterocycles. The molecule has 1 heterocycles. The SMILES string of the molecule is CCCCCCCCCCCCC/C=C/[C@@H]1[C@H](C(=O)OC(C)(C)C)N1Cc1ccccc1. The molecule has 3 nitrogen and oxygen atoms in total. The quantitative estimate of drug-likeness (QED) is 0.113. The Morgan fingerprint density at radius 3 is 2.03 bits per heavy atom. The number of allylic oxidation sites excluding steroid dienone is 1. The number of ether oxygens (including phenoxy) is 1. The molecule has 0 bridgehead atoms. The van der Waals surface area contributed by atoms with Crippen molar-refractivity contribution < 1.29 is 9.53 Å². The van der Waals surface area contributed by atoms with E-state index in [0.717, 1.165) is 13.0 Å². The van der Waals surface area contributed by atoms with Crippen LogP contribution in [0.25, 0.3) is 0 Å². The van der Waals surface area contributed by atoms with E-state index in [2.05, 4.69) is 48.2 Å². The number of esters is 1. The average Bonchev–Trinajstić information content (AvgIpc) is 3.43. The van der Waals surface area contributed by atoms with Gasteiger partial charge >= 0.3 is 5.97 Å². The molecule has 0 amide bonds. The monoisotopic (exact) mass is 441 g/mol. The number of hydrogen-bond acceptors (Lipinski definition) is 3. The number of hydrogen-bond donors (Lipinski definition) is 0. The molecule has 1 fully saturated rings. The number of nitrogens with zero attached hydrogens (tertiary/aromatic N) is 1. The van der Waals surface area contributed by atoms with Gasteiger partial charge in [0.15, 0.2) is 0 Å². The van der Waals surface area contributed by atoms with Gasteiger partial charge in [0.2, 0.25) is 0 Å². The van der Waals surface area contributed by atoms with Gasteiger partial charge in [-0.3, -0.25) is 9.69 Å². The summed E-state index contributed by atoms with van der Waals surface area (Å²) in [4.78, 5) is 14.9. The minimum atomic E-state index is -0.443. The van der Waals surface area contributed by atoms with Crippen molar-refractivity contribution >= 4 is 5.97 Å². The molecular formula is C29H47NO2. The van der Waals surface area contributed by atoms with Crippen molar-refractivity contribution in [2.24, 2.45) is 0 Å². The standard InChI is InChI=1S/C29H47NO2/c1-5-6-7-8-9-10-11-12-13-14-15-16-20-23-26-27(28(31)32-29(2,3)4)30(26)24-25-21-18-17-19-22-25/h17-23,26-27H,5-16,24H2,1-4H3/b23-20+/t26-,27-,30?/m1/s1. The molecule has 2 rings (SSSR count). The fourth-order valence-electron chi connectivity index (χ4n) is 4.31. The van der Waals surface area contributed by atoms with E-state index in [-0.39, 0.29) is 18.1 Å². The summed E-state index contributed by atoms with van der Waals surface area (Å²) in [6.07, 6.45) is 20.7. The van der Waals surface area contributed by atoms with Crippen LogP contribution in [0, 0.1) is 0 Å². The van der Waals surface area contributed by atoms with Gasteiger partial charge in [0.1, 0.15) is 11.6 Å². The number of carbonyl (C=O) groups is 1. The largest absolute Gasteiger partial charge is 0.459 e. The zero-order chi connectivity index (χ0) is 23.2. The minimum absolute atomic E-state index is 0.0993. The molecule has 1 unspecified atom stereocenters. The summed E-state index contributed by atoms with van der Waals surface area (Å²) in [5.41, 5.74) is 0.796. The van der Waals surface area contributed by atoms with Crippen LogP contribution in [0.2, 0.25) is 0 Å². The first-order valence-electron chi connectivity index (χ1n) is 13.1. The van der Waals surface area contributed by atoms with E-state index in [1.165, 1.54) is 76.2 Å². The lowest BCUT2D eigenvalue weighted by Crippen LogP contribution is -2.28. The molecule has 180 valence electrons. The van der Waals surface area contributed by atoms with Gasteiger partial charge in [0.25, 0.3) is 0 Å². The Morgan fingerprint density at radius 2 is 1.47 bits per heavy atom. The predicted octanol–water partition coefficient (Wildman–Crippen LogP) is 7.84. The van der Waals surface area contributed by atoms with Crippen molar-refractivity contribution in [2.45, 2.75) is 129 Å². The molecule has 32 heavy (non-hydrogen) atoms. The van der Waals surface area contributed by atoms with Crippen LogP contribution in [0.5, 0.6) is 0 Å². The topological polar surface area (TPSA) is 29.3 Å². The Kier molecular flexibility index (Phi) is 12.1. The minimum Gasteiger partial charge on any atom is -0.459 e. The predicted molar refractivity (Wildman–Crippen MR) is 136 cm³/mol. The van der Waals surface area contributed by atoms with Gasteiger partial charge < -0.3 is 4.74 Å². The molecule has 3 atom stereocenters. The summed E-state index contributed by atoms with van der Waals surface area (Å²) in [7, 11) is 0. The van der Waals surface area contributed by atoms with Crippen LogP contribution in [-0.2, 0) is 16.1 Å². The Bertz CT molecular complexity index is 661. The van der Waals surface area contributed by atoms with E-state index in [4.69, 9.17) is 4.74 Å². The Balaban J connectivity index is 1.64. The molecule has 1 aromatic carbocycles. The van der Waals surface area contributed by atoms with Crippen molar-refractivity contribution in [3.63, 3.8) is 0 Å². The molecule has 0 N–H and O–H groups in total. The van der Waals surface area contributed by atoms with Crippen LogP contribution >= 0.6 is 0 Å².